The van der Waals surface area contributed by atoms with Gasteiger partial charge in [0.15, 0.2) is 0 Å². The van der Waals surface area contributed by atoms with E-state index in [-0.39, 0.29) is 5.82 Å². The maximum absolute atomic E-state index is 13.5. The van der Waals surface area contributed by atoms with E-state index in [4.69, 9.17) is 0 Å². The van der Waals surface area contributed by atoms with Gasteiger partial charge in [0.25, 0.3) is 0 Å². The van der Waals surface area contributed by atoms with Gasteiger partial charge in [0, 0.05) is 18.0 Å². The van der Waals surface area contributed by atoms with E-state index in [1.54, 1.807) is 12.3 Å². The summed E-state index contributed by atoms with van der Waals surface area (Å²) in [6.45, 7) is 2.62. The van der Waals surface area contributed by atoms with E-state index >= 15 is 0 Å². The fourth-order valence-electron chi connectivity index (χ4n) is 2.48. The molecule has 2 atom stereocenters. The normalized spacial score (nSPS) is 18.7. The Morgan fingerprint density at radius 3 is 3.05 bits per heavy atom. The van der Waals surface area contributed by atoms with Gasteiger partial charge >= 0.3 is 0 Å². The Labute approximate surface area is 111 Å². The molecule has 1 aromatic carbocycles. The van der Waals surface area contributed by atoms with Gasteiger partial charge in [0.1, 0.15) is 11.3 Å². The first-order valence-corrected chi connectivity index (χ1v) is 6.69. The van der Waals surface area contributed by atoms with E-state index in [1.165, 1.54) is 18.9 Å². The first-order valence-electron chi connectivity index (χ1n) is 6.69. The molecule has 0 bridgehead atoms. The van der Waals surface area contributed by atoms with Crippen LogP contribution in [0.1, 0.15) is 31.4 Å². The molecule has 102 valence electrons. The van der Waals surface area contributed by atoms with E-state index in [0.717, 1.165) is 5.92 Å². The highest BCUT2D eigenvalue weighted by Crippen LogP contribution is 2.32. The monoisotopic (exact) mass is 263 g/mol. The number of aliphatic hydroxyl groups excluding tert-OH is 1. The molecular formula is C14H18FN3O. The van der Waals surface area contributed by atoms with Crippen molar-refractivity contribution < 1.29 is 9.50 Å². The van der Waals surface area contributed by atoms with Crippen molar-refractivity contribution in [3.8, 4) is 0 Å². The van der Waals surface area contributed by atoms with Gasteiger partial charge in [0.05, 0.1) is 12.3 Å². The highest BCUT2D eigenvalue weighted by molar-refractivity contribution is 5.82. The van der Waals surface area contributed by atoms with Crippen molar-refractivity contribution in [3.05, 3.63) is 29.7 Å². The molecule has 1 aliphatic carbocycles. The summed E-state index contributed by atoms with van der Waals surface area (Å²) in [6.07, 6.45) is 3.45. The maximum Gasteiger partial charge on any atom is 0.148 e. The molecule has 5 heteroatoms. The number of aliphatic hydroxyl groups is 1. The van der Waals surface area contributed by atoms with Crippen LogP contribution >= 0.6 is 0 Å². The lowest BCUT2D eigenvalue weighted by Gasteiger charge is -2.17. The van der Waals surface area contributed by atoms with Gasteiger partial charge in [0.2, 0.25) is 0 Å². The highest BCUT2D eigenvalue weighted by atomic mass is 19.1. The van der Waals surface area contributed by atoms with Crippen molar-refractivity contribution in [2.24, 2.45) is 5.92 Å². The minimum Gasteiger partial charge on any atom is -0.387 e. The SMILES string of the molecule is C[C@@H](NC[C@H](O)c1ccc(F)c2[nH]ncc12)C1CC1. The second kappa shape index (κ2) is 4.90. The number of H-pyrrole nitrogens is 1. The van der Waals surface area contributed by atoms with Crippen molar-refractivity contribution in [2.45, 2.75) is 31.9 Å². The number of rotatable bonds is 5. The summed E-state index contributed by atoms with van der Waals surface area (Å²) >= 11 is 0. The van der Waals surface area contributed by atoms with Crippen molar-refractivity contribution in [2.75, 3.05) is 6.54 Å². The van der Waals surface area contributed by atoms with Crippen LogP contribution in [0.4, 0.5) is 4.39 Å². The van der Waals surface area contributed by atoms with Gasteiger partial charge in [-0.1, -0.05) is 6.07 Å². The van der Waals surface area contributed by atoms with Gasteiger partial charge in [-0.3, -0.25) is 5.10 Å². The Morgan fingerprint density at radius 2 is 2.32 bits per heavy atom. The Bertz CT molecular complexity index is 579. The second-order valence-electron chi connectivity index (χ2n) is 5.35. The van der Waals surface area contributed by atoms with Crippen molar-refractivity contribution in [1.29, 1.82) is 0 Å². The van der Waals surface area contributed by atoms with E-state index in [2.05, 4.69) is 22.4 Å². The molecule has 1 heterocycles. The average Bonchev–Trinajstić information content (AvgIpc) is 3.14. The number of hydrogen-bond donors (Lipinski definition) is 3. The summed E-state index contributed by atoms with van der Waals surface area (Å²) < 4.78 is 13.5. The Morgan fingerprint density at radius 1 is 1.53 bits per heavy atom. The topological polar surface area (TPSA) is 60.9 Å². The van der Waals surface area contributed by atoms with E-state index < -0.39 is 6.10 Å². The fraction of sp³-hybridized carbons (Fsp3) is 0.500. The molecule has 4 nitrogen and oxygen atoms in total. The summed E-state index contributed by atoms with van der Waals surface area (Å²) in [5.74, 6) is 0.400. The van der Waals surface area contributed by atoms with E-state index in [0.29, 0.717) is 29.1 Å². The van der Waals surface area contributed by atoms with Gasteiger partial charge in [-0.05, 0) is 37.3 Å². The summed E-state index contributed by atoms with van der Waals surface area (Å²) in [4.78, 5) is 0. The average molecular weight is 263 g/mol. The third-order valence-corrected chi connectivity index (χ3v) is 3.92. The lowest BCUT2D eigenvalue weighted by atomic mass is 10.0. The summed E-state index contributed by atoms with van der Waals surface area (Å²) in [5, 5.41) is 20.7. The number of aromatic nitrogens is 2. The number of benzene rings is 1. The minimum absolute atomic E-state index is 0.345. The number of nitrogens with zero attached hydrogens (tertiary/aromatic N) is 1. The van der Waals surface area contributed by atoms with Crippen LogP contribution in [0, 0.1) is 11.7 Å². The molecule has 1 aromatic heterocycles. The first-order chi connectivity index (χ1) is 9.16. The molecule has 0 aliphatic heterocycles. The zero-order chi connectivity index (χ0) is 13.4. The molecule has 0 unspecified atom stereocenters. The number of fused-ring (bicyclic) bond motifs is 1. The van der Waals surface area contributed by atoms with Crippen LogP contribution in [0.3, 0.4) is 0 Å². The van der Waals surface area contributed by atoms with Crippen LogP contribution < -0.4 is 5.32 Å². The van der Waals surface area contributed by atoms with Crippen molar-refractivity contribution in [1.82, 2.24) is 15.5 Å². The number of aromatic amines is 1. The van der Waals surface area contributed by atoms with Crippen LogP contribution in [0.2, 0.25) is 0 Å². The highest BCUT2D eigenvalue weighted by Gasteiger charge is 2.28. The smallest absolute Gasteiger partial charge is 0.148 e. The molecule has 0 radical (unpaired) electrons. The molecule has 3 N–H and O–H groups in total. The maximum atomic E-state index is 13.5. The molecule has 0 amide bonds. The Hall–Kier alpha value is -1.46. The third kappa shape index (κ3) is 2.48. The predicted molar refractivity (Wildman–Crippen MR) is 71.2 cm³/mol. The largest absolute Gasteiger partial charge is 0.387 e. The van der Waals surface area contributed by atoms with Crippen LogP contribution in [-0.2, 0) is 0 Å². The van der Waals surface area contributed by atoms with Gasteiger partial charge < -0.3 is 10.4 Å². The molecule has 1 saturated carbocycles. The van der Waals surface area contributed by atoms with Gasteiger partial charge in [-0.15, -0.1) is 0 Å². The molecular weight excluding hydrogens is 245 g/mol. The minimum atomic E-state index is -0.651. The number of hydrogen-bond acceptors (Lipinski definition) is 3. The van der Waals surface area contributed by atoms with Crippen molar-refractivity contribution >= 4 is 10.9 Å². The molecule has 0 spiro atoms. The molecule has 0 saturated heterocycles. The second-order valence-corrected chi connectivity index (χ2v) is 5.35. The molecule has 2 aromatic rings. The molecule has 1 aliphatic rings. The van der Waals surface area contributed by atoms with E-state index in [9.17, 15) is 9.50 Å². The number of halogens is 1. The predicted octanol–water partition coefficient (Wildman–Crippen LogP) is 2.12. The zero-order valence-electron chi connectivity index (χ0n) is 10.9. The Balaban J connectivity index is 1.75. The lowest BCUT2D eigenvalue weighted by Crippen LogP contribution is -2.31. The summed E-state index contributed by atoms with van der Waals surface area (Å²) in [7, 11) is 0. The van der Waals surface area contributed by atoms with Gasteiger partial charge in [-0.2, -0.15) is 5.10 Å². The molecule has 19 heavy (non-hydrogen) atoms. The Kier molecular flexibility index (Phi) is 3.24. The van der Waals surface area contributed by atoms with E-state index in [1.807, 2.05) is 0 Å². The van der Waals surface area contributed by atoms with Crippen LogP contribution in [0.5, 0.6) is 0 Å². The standard InChI is InChI=1S/C14H18FN3O/c1-8(9-2-3-9)16-7-13(19)10-4-5-12(15)14-11(10)6-17-18-14/h4-6,8-9,13,16,19H,2-3,7H2,1H3,(H,17,18)/t8-,13+/m1/s1. The van der Waals surface area contributed by atoms with Crippen LogP contribution in [-0.4, -0.2) is 27.9 Å². The number of nitrogens with one attached hydrogen (secondary N) is 2. The third-order valence-electron chi connectivity index (χ3n) is 3.92. The van der Waals surface area contributed by atoms with Crippen molar-refractivity contribution in [3.63, 3.8) is 0 Å². The quantitative estimate of drug-likeness (QED) is 0.774. The van der Waals surface area contributed by atoms with Crippen LogP contribution in [0.15, 0.2) is 18.3 Å². The molecule has 3 rings (SSSR count). The zero-order valence-corrected chi connectivity index (χ0v) is 10.9. The van der Waals surface area contributed by atoms with Gasteiger partial charge in [-0.25, -0.2) is 4.39 Å². The summed E-state index contributed by atoms with van der Waals surface area (Å²) in [5.41, 5.74) is 1.06. The molecule has 1 fully saturated rings. The summed E-state index contributed by atoms with van der Waals surface area (Å²) in [6, 6.07) is 3.42. The van der Waals surface area contributed by atoms with Crippen LogP contribution in [0.25, 0.3) is 10.9 Å². The fourth-order valence-corrected chi connectivity index (χ4v) is 2.48. The first kappa shape index (κ1) is 12.6. The lowest BCUT2D eigenvalue weighted by molar-refractivity contribution is 0.170.